The summed E-state index contributed by atoms with van der Waals surface area (Å²) < 4.78 is 11.7. The van der Waals surface area contributed by atoms with Crippen molar-refractivity contribution in [3.05, 3.63) is 24.3 Å². The van der Waals surface area contributed by atoms with Crippen LogP contribution >= 0.6 is 12.4 Å². The molecule has 1 amide bonds. The van der Waals surface area contributed by atoms with Gasteiger partial charge < -0.3 is 20.1 Å². The quantitative estimate of drug-likeness (QED) is 0.767. The minimum Gasteiger partial charge on any atom is -0.489 e. The second-order valence-electron chi connectivity index (χ2n) is 8.02. The van der Waals surface area contributed by atoms with Crippen LogP contribution in [0.1, 0.15) is 51.4 Å². The highest BCUT2D eigenvalue weighted by Crippen LogP contribution is 2.33. The second-order valence-corrected chi connectivity index (χ2v) is 8.02. The number of carbonyl (C=O) groups is 1. The minimum atomic E-state index is 0. The predicted octanol–water partition coefficient (Wildman–Crippen LogP) is 3.92. The molecule has 3 aliphatic heterocycles. The average Bonchev–Trinajstić information content (AvgIpc) is 3.00. The van der Waals surface area contributed by atoms with Crippen LogP contribution in [0.25, 0.3) is 0 Å². The molecule has 4 rings (SSSR count). The summed E-state index contributed by atoms with van der Waals surface area (Å²) in [5.74, 6) is 1.33. The van der Waals surface area contributed by atoms with Gasteiger partial charge in [-0.2, -0.15) is 0 Å². The SMILES string of the molecule is Cl.O=C(CC1CC2CCC(C1)N2)Nc1ccccc1OCC1CCCCO1. The van der Waals surface area contributed by atoms with Crippen molar-refractivity contribution in [3.8, 4) is 5.75 Å². The highest BCUT2D eigenvalue weighted by Gasteiger charge is 2.34. The molecular formula is C21H31ClN2O3. The summed E-state index contributed by atoms with van der Waals surface area (Å²) in [6.45, 7) is 1.37. The summed E-state index contributed by atoms with van der Waals surface area (Å²) in [4.78, 5) is 12.6. The lowest BCUT2D eigenvalue weighted by atomic mass is 9.89. The molecule has 3 atom stereocenters. The number of anilines is 1. The van der Waals surface area contributed by atoms with Gasteiger partial charge in [0.1, 0.15) is 12.4 Å². The van der Waals surface area contributed by atoms with Crippen LogP contribution in [-0.4, -0.2) is 37.3 Å². The van der Waals surface area contributed by atoms with Crippen LogP contribution in [0.4, 0.5) is 5.69 Å². The van der Waals surface area contributed by atoms with Gasteiger partial charge in [-0.3, -0.25) is 4.79 Å². The van der Waals surface area contributed by atoms with E-state index < -0.39 is 0 Å². The van der Waals surface area contributed by atoms with E-state index in [0.29, 0.717) is 31.0 Å². The van der Waals surface area contributed by atoms with E-state index in [1.807, 2.05) is 24.3 Å². The van der Waals surface area contributed by atoms with Crippen molar-refractivity contribution in [2.45, 2.75) is 69.6 Å². The number of ether oxygens (including phenoxy) is 2. The Labute approximate surface area is 168 Å². The summed E-state index contributed by atoms with van der Waals surface area (Å²) in [7, 11) is 0. The molecule has 1 aromatic rings. The lowest BCUT2D eigenvalue weighted by Gasteiger charge is -2.28. The summed E-state index contributed by atoms with van der Waals surface area (Å²) in [6, 6.07) is 8.96. The summed E-state index contributed by atoms with van der Waals surface area (Å²) >= 11 is 0. The first-order valence-corrected chi connectivity index (χ1v) is 10.2. The van der Waals surface area contributed by atoms with Gasteiger partial charge in [-0.15, -0.1) is 12.4 Å². The molecule has 5 nitrogen and oxygen atoms in total. The van der Waals surface area contributed by atoms with E-state index in [0.717, 1.165) is 43.7 Å². The average molecular weight is 395 g/mol. The third-order valence-electron chi connectivity index (χ3n) is 5.90. The highest BCUT2D eigenvalue weighted by molar-refractivity contribution is 5.92. The lowest BCUT2D eigenvalue weighted by molar-refractivity contribution is -0.117. The maximum Gasteiger partial charge on any atom is 0.224 e. The Kier molecular flexibility index (Phi) is 7.39. The Morgan fingerprint density at radius 3 is 2.67 bits per heavy atom. The number of para-hydroxylation sites is 2. The Bertz CT molecular complexity index is 609. The van der Waals surface area contributed by atoms with Gasteiger partial charge in [-0.1, -0.05) is 12.1 Å². The Morgan fingerprint density at radius 1 is 1.15 bits per heavy atom. The van der Waals surface area contributed by atoms with Crippen LogP contribution in [0.3, 0.4) is 0 Å². The first-order valence-electron chi connectivity index (χ1n) is 10.2. The van der Waals surface area contributed by atoms with Crippen LogP contribution in [0, 0.1) is 5.92 Å². The number of halogens is 1. The van der Waals surface area contributed by atoms with E-state index in [1.165, 1.54) is 19.3 Å². The third kappa shape index (κ3) is 5.59. The maximum atomic E-state index is 12.6. The van der Waals surface area contributed by atoms with E-state index in [1.54, 1.807) is 0 Å². The largest absolute Gasteiger partial charge is 0.489 e. The molecule has 150 valence electrons. The fourth-order valence-corrected chi connectivity index (χ4v) is 4.62. The molecule has 0 radical (unpaired) electrons. The van der Waals surface area contributed by atoms with Gasteiger partial charge in [0.25, 0.3) is 0 Å². The number of amides is 1. The number of carbonyl (C=O) groups excluding carboxylic acids is 1. The minimum absolute atomic E-state index is 0. The molecule has 0 aliphatic carbocycles. The summed E-state index contributed by atoms with van der Waals surface area (Å²) in [6.07, 6.45) is 8.94. The van der Waals surface area contributed by atoms with Gasteiger partial charge in [-0.05, 0) is 63.0 Å². The van der Waals surface area contributed by atoms with Crippen molar-refractivity contribution in [3.63, 3.8) is 0 Å². The second kappa shape index (κ2) is 9.76. The van der Waals surface area contributed by atoms with E-state index in [9.17, 15) is 4.79 Å². The van der Waals surface area contributed by atoms with Crippen LogP contribution in [0.2, 0.25) is 0 Å². The van der Waals surface area contributed by atoms with Crippen LogP contribution in [0.15, 0.2) is 24.3 Å². The zero-order valence-electron chi connectivity index (χ0n) is 15.8. The van der Waals surface area contributed by atoms with Gasteiger partial charge in [0.15, 0.2) is 0 Å². The third-order valence-corrected chi connectivity index (χ3v) is 5.90. The maximum absolute atomic E-state index is 12.6. The van der Waals surface area contributed by atoms with Crippen LogP contribution in [0.5, 0.6) is 5.75 Å². The molecule has 3 aliphatic rings. The molecule has 0 aromatic heterocycles. The van der Waals surface area contributed by atoms with Gasteiger partial charge in [0.05, 0.1) is 11.8 Å². The number of piperidine rings is 1. The molecule has 3 saturated heterocycles. The van der Waals surface area contributed by atoms with Crippen LogP contribution < -0.4 is 15.4 Å². The lowest BCUT2D eigenvalue weighted by Crippen LogP contribution is -2.39. The van der Waals surface area contributed by atoms with E-state index in [2.05, 4.69) is 10.6 Å². The number of hydrogen-bond donors (Lipinski definition) is 2. The number of fused-ring (bicyclic) bond motifs is 2. The molecule has 0 saturated carbocycles. The van der Waals surface area contributed by atoms with E-state index in [-0.39, 0.29) is 24.4 Å². The molecule has 27 heavy (non-hydrogen) atoms. The van der Waals surface area contributed by atoms with Gasteiger partial charge in [0.2, 0.25) is 5.91 Å². The van der Waals surface area contributed by atoms with Crippen molar-refractivity contribution in [1.29, 1.82) is 0 Å². The monoisotopic (exact) mass is 394 g/mol. The van der Waals surface area contributed by atoms with E-state index in [4.69, 9.17) is 9.47 Å². The number of nitrogens with one attached hydrogen (secondary N) is 2. The number of hydrogen-bond acceptors (Lipinski definition) is 4. The first-order chi connectivity index (χ1) is 12.8. The van der Waals surface area contributed by atoms with Crippen LogP contribution in [-0.2, 0) is 9.53 Å². The highest BCUT2D eigenvalue weighted by atomic mass is 35.5. The first kappa shape index (κ1) is 20.4. The molecule has 3 fully saturated rings. The molecular weight excluding hydrogens is 364 g/mol. The molecule has 0 spiro atoms. The molecule has 2 N–H and O–H groups in total. The smallest absolute Gasteiger partial charge is 0.224 e. The van der Waals surface area contributed by atoms with Gasteiger partial charge in [-0.25, -0.2) is 0 Å². The zero-order valence-corrected chi connectivity index (χ0v) is 16.6. The van der Waals surface area contributed by atoms with Crippen molar-refractivity contribution < 1.29 is 14.3 Å². The predicted molar refractivity (Wildman–Crippen MR) is 109 cm³/mol. The van der Waals surface area contributed by atoms with Crippen molar-refractivity contribution in [2.24, 2.45) is 5.92 Å². The molecule has 2 bridgehead atoms. The van der Waals surface area contributed by atoms with Crippen molar-refractivity contribution in [2.75, 3.05) is 18.5 Å². The fourth-order valence-electron chi connectivity index (χ4n) is 4.62. The van der Waals surface area contributed by atoms with Crippen molar-refractivity contribution in [1.82, 2.24) is 5.32 Å². The topological polar surface area (TPSA) is 59.6 Å². The number of benzene rings is 1. The molecule has 3 heterocycles. The normalized spacial score (nSPS) is 29.6. The zero-order chi connectivity index (χ0) is 17.8. The molecule has 1 aromatic carbocycles. The molecule has 3 unspecified atom stereocenters. The summed E-state index contributed by atoms with van der Waals surface area (Å²) in [5.41, 5.74) is 0.769. The summed E-state index contributed by atoms with van der Waals surface area (Å²) in [5, 5.41) is 6.71. The molecule has 6 heteroatoms. The fraction of sp³-hybridized carbons (Fsp3) is 0.667. The Hall–Kier alpha value is -1.30. The van der Waals surface area contributed by atoms with E-state index >= 15 is 0 Å². The number of rotatable bonds is 6. The van der Waals surface area contributed by atoms with Gasteiger partial charge >= 0.3 is 0 Å². The Balaban J connectivity index is 0.00000210. The van der Waals surface area contributed by atoms with Crippen molar-refractivity contribution >= 4 is 24.0 Å². The standard InChI is InChI=1S/C21H30N2O3.ClH/c24-21(13-15-11-16-8-9-17(12-15)22-16)23-19-6-1-2-7-20(19)26-14-18-5-3-4-10-25-18;/h1-2,6-7,15-18,22H,3-5,8-14H2,(H,23,24);1H. The Morgan fingerprint density at radius 2 is 1.93 bits per heavy atom. The van der Waals surface area contributed by atoms with Gasteiger partial charge in [0, 0.05) is 25.1 Å².